The van der Waals surface area contributed by atoms with Crippen LogP contribution in [0.4, 0.5) is 0 Å². The number of amides is 1. The third kappa shape index (κ3) is 2.11. The zero-order chi connectivity index (χ0) is 14.8. The van der Waals surface area contributed by atoms with Crippen LogP contribution in [0.5, 0.6) is 0 Å². The monoisotopic (exact) mass is 346 g/mol. The molecule has 0 unspecified atom stereocenters. The molecule has 0 bridgehead atoms. The number of nitrogens with one attached hydrogen (secondary N) is 2. The summed E-state index contributed by atoms with van der Waals surface area (Å²) >= 11 is 3.57. The number of H-pyrrole nitrogens is 1. The number of benzene rings is 1. The van der Waals surface area contributed by atoms with Gasteiger partial charge in [-0.3, -0.25) is 4.79 Å². The van der Waals surface area contributed by atoms with Gasteiger partial charge in [0.25, 0.3) is 0 Å². The number of carbonyl (C=O) groups excluding carboxylic acids is 1. The first-order valence-corrected chi connectivity index (χ1v) is 8.28. The van der Waals surface area contributed by atoms with Gasteiger partial charge in [0, 0.05) is 21.6 Å². The van der Waals surface area contributed by atoms with Crippen molar-refractivity contribution in [3.63, 3.8) is 0 Å². The Morgan fingerprint density at radius 3 is 2.86 bits per heavy atom. The molecule has 3 nitrogen and oxygen atoms in total. The largest absolute Gasteiger partial charge is 0.360 e. The molecule has 4 heteroatoms. The Bertz CT molecular complexity index is 740. The van der Waals surface area contributed by atoms with Crippen molar-refractivity contribution < 1.29 is 4.79 Å². The van der Waals surface area contributed by atoms with E-state index >= 15 is 0 Å². The summed E-state index contributed by atoms with van der Waals surface area (Å²) in [6.45, 7) is 4.22. The van der Waals surface area contributed by atoms with Gasteiger partial charge in [-0.1, -0.05) is 12.1 Å². The van der Waals surface area contributed by atoms with Gasteiger partial charge < -0.3 is 10.3 Å². The van der Waals surface area contributed by atoms with E-state index in [2.05, 4.69) is 52.3 Å². The molecule has 21 heavy (non-hydrogen) atoms. The number of fused-ring (bicyclic) bond motifs is 2. The molecule has 4 rings (SSSR count). The Hall–Kier alpha value is -1.29. The van der Waals surface area contributed by atoms with Crippen LogP contribution < -0.4 is 5.32 Å². The molecule has 2 aliphatic carbocycles. The fourth-order valence-corrected chi connectivity index (χ4v) is 3.83. The Balaban J connectivity index is 1.55. The molecule has 0 aliphatic heterocycles. The van der Waals surface area contributed by atoms with E-state index in [-0.39, 0.29) is 16.9 Å². The number of aromatic nitrogens is 1. The number of rotatable bonds is 4. The van der Waals surface area contributed by atoms with Crippen molar-refractivity contribution in [1.82, 2.24) is 10.3 Å². The lowest BCUT2D eigenvalue weighted by molar-refractivity contribution is -0.125. The van der Waals surface area contributed by atoms with Crippen molar-refractivity contribution in [1.29, 1.82) is 0 Å². The molecular formula is C17H19BrN2O. The highest BCUT2D eigenvalue weighted by atomic mass is 79.9. The van der Waals surface area contributed by atoms with Gasteiger partial charge in [-0.25, -0.2) is 0 Å². The van der Waals surface area contributed by atoms with E-state index in [9.17, 15) is 4.79 Å². The third-order valence-corrected chi connectivity index (χ3v) is 5.63. The van der Waals surface area contributed by atoms with Gasteiger partial charge >= 0.3 is 0 Å². The van der Waals surface area contributed by atoms with E-state index in [1.807, 2.05) is 12.1 Å². The Kier molecular flexibility index (Phi) is 2.63. The standard InChI is InChI=1S/C17H19BrN2O/c1-16(2,20-15(21)17-7-11(17)8-17)6-10-9-19-14-12(10)4-3-5-13(14)18/h3-5,9,11,19H,6-8H2,1-2H3,(H,20,21). The number of carbonyl (C=O) groups is 1. The molecule has 1 aromatic carbocycles. The highest BCUT2D eigenvalue weighted by Gasteiger charge is 2.74. The Labute approximate surface area is 132 Å². The summed E-state index contributed by atoms with van der Waals surface area (Å²) in [5.41, 5.74) is 2.19. The van der Waals surface area contributed by atoms with Crippen LogP contribution in [-0.4, -0.2) is 16.4 Å². The molecular weight excluding hydrogens is 328 g/mol. The van der Waals surface area contributed by atoms with E-state index < -0.39 is 0 Å². The van der Waals surface area contributed by atoms with Crippen LogP contribution in [-0.2, 0) is 11.2 Å². The van der Waals surface area contributed by atoms with Gasteiger partial charge in [-0.05, 0) is 66.6 Å². The van der Waals surface area contributed by atoms with Gasteiger partial charge in [0.05, 0.1) is 10.9 Å². The van der Waals surface area contributed by atoms with Crippen molar-refractivity contribution in [3.05, 3.63) is 34.4 Å². The zero-order valence-corrected chi connectivity index (χ0v) is 13.9. The van der Waals surface area contributed by atoms with E-state index in [1.54, 1.807) is 0 Å². The van der Waals surface area contributed by atoms with Crippen LogP contribution >= 0.6 is 15.9 Å². The number of para-hydroxylation sites is 1. The van der Waals surface area contributed by atoms with E-state index in [0.29, 0.717) is 5.92 Å². The molecule has 2 aliphatic rings. The first kappa shape index (κ1) is 13.4. The minimum Gasteiger partial charge on any atom is -0.360 e. The van der Waals surface area contributed by atoms with Crippen LogP contribution in [0.1, 0.15) is 32.3 Å². The van der Waals surface area contributed by atoms with Crippen LogP contribution in [0, 0.1) is 11.3 Å². The topological polar surface area (TPSA) is 44.9 Å². The number of hydrogen-bond acceptors (Lipinski definition) is 1. The molecule has 2 fully saturated rings. The first-order valence-electron chi connectivity index (χ1n) is 7.48. The molecule has 1 heterocycles. The van der Waals surface area contributed by atoms with Crippen LogP contribution in [0.25, 0.3) is 10.9 Å². The molecule has 110 valence electrons. The number of halogens is 1. The quantitative estimate of drug-likeness (QED) is 0.869. The van der Waals surface area contributed by atoms with Gasteiger partial charge in [0.15, 0.2) is 0 Å². The predicted octanol–water partition coefficient (Wildman–Crippen LogP) is 3.78. The van der Waals surface area contributed by atoms with Crippen molar-refractivity contribution >= 4 is 32.7 Å². The van der Waals surface area contributed by atoms with Gasteiger partial charge in [0.1, 0.15) is 0 Å². The second-order valence-corrected chi connectivity index (χ2v) is 8.11. The fourth-order valence-electron chi connectivity index (χ4n) is 3.35. The molecule has 0 radical (unpaired) electrons. The lowest BCUT2D eigenvalue weighted by atomic mass is 9.94. The van der Waals surface area contributed by atoms with Crippen molar-refractivity contribution in [2.45, 2.75) is 38.6 Å². The molecule has 1 aromatic heterocycles. The van der Waals surface area contributed by atoms with E-state index in [4.69, 9.17) is 0 Å². The highest BCUT2D eigenvalue weighted by Crippen LogP contribution is 2.75. The summed E-state index contributed by atoms with van der Waals surface area (Å²) < 4.78 is 1.07. The average Bonchev–Trinajstić information content (AvgIpc) is 3.21. The molecule has 0 saturated heterocycles. The van der Waals surface area contributed by atoms with Crippen LogP contribution in [0.15, 0.2) is 28.9 Å². The first-order chi connectivity index (χ1) is 9.91. The molecule has 1 amide bonds. The van der Waals surface area contributed by atoms with Crippen molar-refractivity contribution in [2.75, 3.05) is 0 Å². The van der Waals surface area contributed by atoms with Gasteiger partial charge in [-0.2, -0.15) is 0 Å². The summed E-state index contributed by atoms with van der Waals surface area (Å²) in [4.78, 5) is 15.6. The molecule has 2 N–H and O–H groups in total. The predicted molar refractivity (Wildman–Crippen MR) is 87.1 cm³/mol. The summed E-state index contributed by atoms with van der Waals surface area (Å²) in [5, 5.41) is 4.48. The number of hydrogen-bond donors (Lipinski definition) is 2. The molecule has 0 atom stereocenters. The summed E-state index contributed by atoms with van der Waals surface area (Å²) in [7, 11) is 0. The highest BCUT2D eigenvalue weighted by molar-refractivity contribution is 9.10. The lowest BCUT2D eigenvalue weighted by Gasteiger charge is -2.27. The zero-order valence-electron chi connectivity index (χ0n) is 12.3. The maximum Gasteiger partial charge on any atom is 0.226 e. The van der Waals surface area contributed by atoms with Crippen LogP contribution in [0.3, 0.4) is 0 Å². The normalized spacial score (nSPS) is 26.5. The maximum atomic E-state index is 12.3. The molecule has 2 saturated carbocycles. The average molecular weight is 347 g/mol. The summed E-state index contributed by atoms with van der Waals surface area (Å²) in [5.74, 6) is 0.955. The van der Waals surface area contributed by atoms with Gasteiger partial charge in [-0.15, -0.1) is 0 Å². The maximum absolute atomic E-state index is 12.3. The molecule has 2 aromatic rings. The lowest BCUT2D eigenvalue weighted by Crippen LogP contribution is -2.46. The van der Waals surface area contributed by atoms with Gasteiger partial charge in [0.2, 0.25) is 5.91 Å². The second-order valence-electron chi connectivity index (χ2n) is 7.25. The third-order valence-electron chi connectivity index (χ3n) is 4.97. The van der Waals surface area contributed by atoms with E-state index in [0.717, 1.165) is 29.3 Å². The van der Waals surface area contributed by atoms with E-state index in [1.165, 1.54) is 10.9 Å². The molecule has 0 spiro atoms. The Morgan fingerprint density at radius 2 is 2.19 bits per heavy atom. The fraction of sp³-hybridized carbons (Fsp3) is 0.471. The number of aromatic amines is 1. The summed E-state index contributed by atoms with van der Waals surface area (Å²) in [6, 6.07) is 6.21. The second kappa shape index (κ2) is 4.13. The minimum absolute atomic E-state index is 0.0422. The smallest absolute Gasteiger partial charge is 0.226 e. The van der Waals surface area contributed by atoms with Crippen molar-refractivity contribution in [2.24, 2.45) is 11.3 Å². The SMILES string of the molecule is CC(C)(Cc1c[nH]c2c(Br)cccc12)NC(=O)C12CC1C2. The van der Waals surface area contributed by atoms with Crippen LogP contribution in [0.2, 0.25) is 0 Å². The summed E-state index contributed by atoms with van der Waals surface area (Å²) in [6.07, 6.45) is 5.10. The Morgan fingerprint density at radius 1 is 1.48 bits per heavy atom. The van der Waals surface area contributed by atoms with Crippen molar-refractivity contribution in [3.8, 4) is 0 Å². The minimum atomic E-state index is -0.223.